The monoisotopic (exact) mass is 312 g/mol. The van der Waals surface area contributed by atoms with Gasteiger partial charge in [-0.3, -0.25) is 9.78 Å². The summed E-state index contributed by atoms with van der Waals surface area (Å²) in [5.74, 6) is -0.0929. The summed E-state index contributed by atoms with van der Waals surface area (Å²) in [5.41, 5.74) is 2.81. The molecule has 0 bridgehead atoms. The Morgan fingerprint density at radius 1 is 1.04 bits per heavy atom. The van der Waals surface area contributed by atoms with Crippen LogP contribution in [0.5, 0.6) is 0 Å². The second kappa shape index (κ2) is 8.53. The van der Waals surface area contributed by atoms with E-state index >= 15 is 0 Å². The number of carbonyl (C=O) groups excluding carboxylic acids is 2. The van der Waals surface area contributed by atoms with Crippen LogP contribution in [0.25, 0.3) is 0 Å². The van der Waals surface area contributed by atoms with Crippen LogP contribution in [-0.4, -0.2) is 23.5 Å². The molecule has 1 heterocycles. The Balaban J connectivity index is 1.68. The van der Waals surface area contributed by atoms with Crippen LogP contribution in [0.4, 0.5) is 10.5 Å². The Morgan fingerprint density at radius 3 is 2.48 bits per heavy atom. The summed E-state index contributed by atoms with van der Waals surface area (Å²) in [5, 5.41) is 8.30. The van der Waals surface area contributed by atoms with Crippen molar-refractivity contribution < 1.29 is 9.59 Å². The standard InChI is InChI=1S/C17H20N4O2/c1-13(22)21-16-6-4-14(5-7-16)8-10-19-17(23)20-12-15-3-2-9-18-11-15/h2-7,9,11H,8,10,12H2,1H3,(H,21,22)(H2,19,20,23). The lowest BCUT2D eigenvalue weighted by molar-refractivity contribution is -0.114. The summed E-state index contributed by atoms with van der Waals surface area (Å²) in [4.78, 5) is 26.6. The lowest BCUT2D eigenvalue weighted by Gasteiger charge is -2.08. The van der Waals surface area contributed by atoms with E-state index in [1.54, 1.807) is 12.4 Å². The largest absolute Gasteiger partial charge is 0.338 e. The molecular weight excluding hydrogens is 292 g/mol. The Hall–Kier alpha value is -2.89. The highest BCUT2D eigenvalue weighted by Gasteiger charge is 2.01. The SMILES string of the molecule is CC(=O)Nc1ccc(CCNC(=O)NCc2cccnc2)cc1. The topological polar surface area (TPSA) is 83.1 Å². The third kappa shape index (κ3) is 6.17. The van der Waals surface area contributed by atoms with Crippen LogP contribution in [0.2, 0.25) is 0 Å². The van der Waals surface area contributed by atoms with E-state index in [0.29, 0.717) is 13.1 Å². The molecule has 0 aliphatic carbocycles. The van der Waals surface area contributed by atoms with Gasteiger partial charge in [-0.1, -0.05) is 18.2 Å². The molecule has 0 atom stereocenters. The highest BCUT2D eigenvalue weighted by Crippen LogP contribution is 2.09. The van der Waals surface area contributed by atoms with Gasteiger partial charge in [-0.2, -0.15) is 0 Å². The van der Waals surface area contributed by atoms with E-state index in [2.05, 4.69) is 20.9 Å². The molecule has 2 aromatic rings. The second-order valence-corrected chi connectivity index (χ2v) is 5.10. The zero-order chi connectivity index (χ0) is 16.5. The molecule has 1 aromatic heterocycles. The second-order valence-electron chi connectivity index (χ2n) is 5.10. The summed E-state index contributed by atoms with van der Waals surface area (Å²) in [6, 6.07) is 11.1. The quantitative estimate of drug-likeness (QED) is 0.763. The summed E-state index contributed by atoms with van der Waals surface area (Å²) in [7, 11) is 0. The number of benzene rings is 1. The predicted octanol–water partition coefficient (Wildman–Crippen LogP) is 2.08. The number of urea groups is 1. The average molecular weight is 312 g/mol. The molecule has 0 aliphatic heterocycles. The third-order valence-corrected chi connectivity index (χ3v) is 3.15. The molecule has 0 spiro atoms. The minimum absolute atomic E-state index is 0.0929. The maximum Gasteiger partial charge on any atom is 0.315 e. The molecule has 23 heavy (non-hydrogen) atoms. The molecule has 0 saturated carbocycles. The van der Waals surface area contributed by atoms with Gasteiger partial charge in [0, 0.05) is 38.1 Å². The van der Waals surface area contributed by atoms with Crippen LogP contribution in [0.3, 0.4) is 0 Å². The number of nitrogens with zero attached hydrogens (tertiary/aromatic N) is 1. The number of nitrogens with one attached hydrogen (secondary N) is 3. The fraction of sp³-hybridized carbons (Fsp3) is 0.235. The van der Waals surface area contributed by atoms with E-state index in [-0.39, 0.29) is 11.9 Å². The van der Waals surface area contributed by atoms with Crippen LogP contribution >= 0.6 is 0 Å². The molecule has 0 saturated heterocycles. The highest BCUT2D eigenvalue weighted by atomic mass is 16.2. The van der Waals surface area contributed by atoms with E-state index in [1.165, 1.54) is 6.92 Å². The van der Waals surface area contributed by atoms with Gasteiger partial charge in [0.2, 0.25) is 5.91 Å². The van der Waals surface area contributed by atoms with Gasteiger partial charge in [0.1, 0.15) is 0 Å². The summed E-state index contributed by atoms with van der Waals surface area (Å²) >= 11 is 0. The lowest BCUT2D eigenvalue weighted by Crippen LogP contribution is -2.36. The third-order valence-electron chi connectivity index (χ3n) is 3.15. The normalized spacial score (nSPS) is 9.96. The molecule has 1 aromatic carbocycles. The first-order valence-corrected chi connectivity index (χ1v) is 7.40. The molecular formula is C17H20N4O2. The number of rotatable bonds is 6. The molecule has 0 unspecified atom stereocenters. The zero-order valence-electron chi connectivity index (χ0n) is 13.0. The van der Waals surface area contributed by atoms with Crippen molar-refractivity contribution in [3.8, 4) is 0 Å². The van der Waals surface area contributed by atoms with Crippen LogP contribution in [0.15, 0.2) is 48.8 Å². The lowest BCUT2D eigenvalue weighted by atomic mass is 10.1. The molecule has 2 rings (SSSR count). The van der Waals surface area contributed by atoms with Gasteiger partial charge in [-0.15, -0.1) is 0 Å². The van der Waals surface area contributed by atoms with Gasteiger partial charge in [-0.05, 0) is 35.7 Å². The zero-order valence-corrected chi connectivity index (χ0v) is 13.0. The first kappa shape index (κ1) is 16.5. The maximum atomic E-state index is 11.7. The summed E-state index contributed by atoms with van der Waals surface area (Å²) in [6.07, 6.45) is 4.14. The Morgan fingerprint density at radius 2 is 1.83 bits per heavy atom. The van der Waals surface area contributed by atoms with E-state index in [4.69, 9.17) is 0 Å². The van der Waals surface area contributed by atoms with Crippen molar-refractivity contribution >= 4 is 17.6 Å². The minimum atomic E-state index is -0.205. The van der Waals surface area contributed by atoms with Gasteiger partial charge in [0.15, 0.2) is 0 Å². The molecule has 0 aliphatic rings. The van der Waals surface area contributed by atoms with Crippen molar-refractivity contribution in [2.75, 3.05) is 11.9 Å². The first-order valence-electron chi connectivity index (χ1n) is 7.40. The van der Waals surface area contributed by atoms with E-state index in [0.717, 1.165) is 23.2 Å². The van der Waals surface area contributed by atoms with Gasteiger partial charge >= 0.3 is 6.03 Å². The van der Waals surface area contributed by atoms with Gasteiger partial charge in [0.05, 0.1) is 0 Å². The molecule has 3 N–H and O–H groups in total. The van der Waals surface area contributed by atoms with Crippen molar-refractivity contribution in [3.05, 3.63) is 59.9 Å². The Bertz CT molecular complexity index is 641. The number of anilines is 1. The fourth-order valence-electron chi connectivity index (χ4n) is 2.03. The minimum Gasteiger partial charge on any atom is -0.338 e. The number of aromatic nitrogens is 1. The van der Waals surface area contributed by atoms with Gasteiger partial charge < -0.3 is 16.0 Å². The molecule has 0 radical (unpaired) electrons. The smallest absolute Gasteiger partial charge is 0.315 e. The molecule has 6 heteroatoms. The molecule has 0 fully saturated rings. The number of pyridine rings is 1. The predicted molar refractivity (Wildman–Crippen MR) is 88.9 cm³/mol. The van der Waals surface area contributed by atoms with Crippen molar-refractivity contribution in [2.24, 2.45) is 0 Å². The average Bonchev–Trinajstić information content (AvgIpc) is 2.55. The molecule has 6 nitrogen and oxygen atoms in total. The summed E-state index contributed by atoms with van der Waals surface area (Å²) in [6.45, 7) is 2.46. The number of carbonyl (C=O) groups is 2. The number of amides is 3. The van der Waals surface area contributed by atoms with Crippen LogP contribution in [0.1, 0.15) is 18.1 Å². The van der Waals surface area contributed by atoms with Gasteiger partial charge in [-0.25, -0.2) is 4.79 Å². The van der Waals surface area contributed by atoms with E-state index in [9.17, 15) is 9.59 Å². The maximum absolute atomic E-state index is 11.7. The summed E-state index contributed by atoms with van der Waals surface area (Å²) < 4.78 is 0. The number of hydrogen-bond donors (Lipinski definition) is 3. The van der Waals surface area contributed by atoms with Crippen LogP contribution < -0.4 is 16.0 Å². The fourth-order valence-corrected chi connectivity index (χ4v) is 2.03. The van der Waals surface area contributed by atoms with Crippen molar-refractivity contribution in [3.63, 3.8) is 0 Å². The Kier molecular flexibility index (Phi) is 6.11. The number of hydrogen-bond acceptors (Lipinski definition) is 3. The molecule has 3 amide bonds. The van der Waals surface area contributed by atoms with Crippen LogP contribution in [-0.2, 0) is 17.8 Å². The van der Waals surface area contributed by atoms with Crippen LogP contribution in [0, 0.1) is 0 Å². The molecule has 120 valence electrons. The van der Waals surface area contributed by atoms with Gasteiger partial charge in [0.25, 0.3) is 0 Å². The van der Waals surface area contributed by atoms with E-state index in [1.807, 2.05) is 36.4 Å². The van der Waals surface area contributed by atoms with Crippen molar-refractivity contribution in [1.82, 2.24) is 15.6 Å². The highest BCUT2D eigenvalue weighted by molar-refractivity contribution is 5.88. The van der Waals surface area contributed by atoms with E-state index < -0.39 is 0 Å². The Labute approximate surface area is 135 Å². The first-order chi connectivity index (χ1) is 11.1. The van der Waals surface area contributed by atoms with Crippen molar-refractivity contribution in [2.45, 2.75) is 19.9 Å². The van der Waals surface area contributed by atoms with Crippen molar-refractivity contribution in [1.29, 1.82) is 0 Å².